The molecule has 126 valence electrons. The predicted molar refractivity (Wildman–Crippen MR) is 101 cm³/mol. The Labute approximate surface area is 148 Å². The average Bonchev–Trinajstić information content (AvgIpc) is 2.63. The van der Waals surface area contributed by atoms with Gasteiger partial charge in [0.1, 0.15) is 15.3 Å². The highest BCUT2D eigenvalue weighted by Gasteiger charge is 2.40. The number of benzene rings is 1. The number of hydrogen-bond donors (Lipinski definition) is 1. The van der Waals surface area contributed by atoms with E-state index in [1.54, 1.807) is 18.0 Å². The third kappa shape index (κ3) is 3.26. The number of hydrogen-bond acceptors (Lipinski definition) is 4. The minimum atomic E-state index is -0.330. The highest BCUT2D eigenvalue weighted by Crippen LogP contribution is 2.48. The first-order valence-corrected chi connectivity index (χ1v) is 8.99. The fourth-order valence-corrected chi connectivity index (χ4v) is 4.50. The van der Waals surface area contributed by atoms with E-state index in [4.69, 9.17) is 12.2 Å². The summed E-state index contributed by atoms with van der Waals surface area (Å²) in [5.41, 5.74) is 2.51. The van der Waals surface area contributed by atoms with E-state index in [1.165, 1.54) is 11.8 Å². The number of phenols is 1. The van der Waals surface area contributed by atoms with Crippen LogP contribution in [0.2, 0.25) is 0 Å². The number of nitrogens with zero attached hydrogens (tertiary/aromatic N) is 1. The van der Waals surface area contributed by atoms with Crippen LogP contribution < -0.4 is 0 Å². The van der Waals surface area contributed by atoms with Gasteiger partial charge in [-0.2, -0.15) is 0 Å². The van der Waals surface area contributed by atoms with Gasteiger partial charge in [-0.25, -0.2) is 0 Å². The molecule has 1 N–H and O–H groups in total. The fraction of sp³-hybridized carbons (Fsp3) is 0.556. The van der Waals surface area contributed by atoms with E-state index in [2.05, 4.69) is 41.5 Å². The molecule has 0 spiro atoms. The summed E-state index contributed by atoms with van der Waals surface area (Å²) in [4.78, 5) is 14.1. The Morgan fingerprint density at radius 3 is 2.00 bits per heavy atom. The van der Waals surface area contributed by atoms with Crippen molar-refractivity contribution in [3.63, 3.8) is 0 Å². The van der Waals surface area contributed by atoms with E-state index in [0.717, 1.165) is 16.7 Å². The largest absolute Gasteiger partial charge is 0.508 e. The molecule has 1 unspecified atom stereocenters. The monoisotopic (exact) mass is 351 g/mol. The Kier molecular flexibility index (Phi) is 4.59. The molecule has 0 bridgehead atoms. The van der Waals surface area contributed by atoms with Gasteiger partial charge in [-0.05, 0) is 28.0 Å². The van der Waals surface area contributed by atoms with E-state index in [0.29, 0.717) is 4.32 Å². The molecule has 0 aliphatic carbocycles. The van der Waals surface area contributed by atoms with Gasteiger partial charge in [-0.15, -0.1) is 0 Å². The highest BCUT2D eigenvalue weighted by atomic mass is 32.2. The lowest BCUT2D eigenvalue weighted by molar-refractivity contribution is -0.125. The van der Waals surface area contributed by atoms with Gasteiger partial charge in [-0.1, -0.05) is 71.6 Å². The third-order valence-electron chi connectivity index (χ3n) is 4.05. The zero-order valence-electron chi connectivity index (χ0n) is 14.9. The second-order valence-electron chi connectivity index (χ2n) is 8.08. The van der Waals surface area contributed by atoms with Crippen LogP contribution in [0.5, 0.6) is 5.75 Å². The summed E-state index contributed by atoms with van der Waals surface area (Å²) in [7, 11) is 1.72. The molecule has 1 saturated heterocycles. The van der Waals surface area contributed by atoms with Gasteiger partial charge in [0.2, 0.25) is 5.91 Å². The number of carbonyl (C=O) groups is 1. The van der Waals surface area contributed by atoms with Crippen LogP contribution in [0.1, 0.15) is 63.5 Å². The predicted octanol–water partition coefficient (Wildman–Crippen LogP) is 4.52. The highest BCUT2D eigenvalue weighted by molar-refractivity contribution is 8.24. The second kappa shape index (κ2) is 5.78. The van der Waals surface area contributed by atoms with Crippen LogP contribution in [0.3, 0.4) is 0 Å². The van der Waals surface area contributed by atoms with Gasteiger partial charge in [0.25, 0.3) is 0 Å². The standard InChI is InChI=1S/C18H25NO2S2/c1-17(2,3)12-10(14-15(21)19(7)16(22)23-14)8-9-11(20)13(12)18(4,5)6/h8-9,14,20H,1-7H3. The van der Waals surface area contributed by atoms with E-state index < -0.39 is 0 Å². The van der Waals surface area contributed by atoms with Crippen molar-refractivity contribution in [3.8, 4) is 5.75 Å². The van der Waals surface area contributed by atoms with Crippen molar-refractivity contribution in [2.75, 3.05) is 7.05 Å². The Morgan fingerprint density at radius 2 is 1.61 bits per heavy atom. The number of thiocarbonyl (C=S) groups is 1. The Balaban J connectivity index is 2.76. The number of amides is 1. The van der Waals surface area contributed by atoms with Crippen LogP contribution in [-0.2, 0) is 15.6 Å². The third-order valence-corrected chi connectivity index (χ3v) is 5.77. The van der Waals surface area contributed by atoms with Gasteiger partial charge in [-0.3, -0.25) is 9.69 Å². The topological polar surface area (TPSA) is 40.5 Å². The zero-order valence-corrected chi connectivity index (χ0v) is 16.5. The maximum Gasteiger partial charge on any atom is 0.245 e. The summed E-state index contributed by atoms with van der Waals surface area (Å²) < 4.78 is 0.602. The smallest absolute Gasteiger partial charge is 0.245 e. The van der Waals surface area contributed by atoms with Crippen molar-refractivity contribution >= 4 is 34.2 Å². The van der Waals surface area contributed by atoms with E-state index in [-0.39, 0.29) is 27.7 Å². The minimum Gasteiger partial charge on any atom is -0.508 e. The molecule has 3 nitrogen and oxygen atoms in total. The first-order valence-electron chi connectivity index (χ1n) is 7.70. The normalized spacial score (nSPS) is 19.6. The lowest BCUT2D eigenvalue weighted by Gasteiger charge is -2.34. The van der Waals surface area contributed by atoms with Crippen LogP contribution >= 0.6 is 24.0 Å². The maximum atomic E-state index is 12.6. The molecule has 1 fully saturated rings. The van der Waals surface area contributed by atoms with Crippen molar-refractivity contribution in [2.45, 2.75) is 57.6 Å². The summed E-state index contributed by atoms with van der Waals surface area (Å²) in [6, 6.07) is 3.59. The number of aromatic hydroxyl groups is 1. The SMILES string of the molecule is CN1C(=O)C(c2ccc(O)c(C(C)(C)C)c2C(C)(C)C)SC1=S. The quantitative estimate of drug-likeness (QED) is 0.755. The number of carbonyl (C=O) groups excluding carboxylic acids is 1. The minimum absolute atomic E-state index is 0.0102. The van der Waals surface area contributed by atoms with Crippen molar-refractivity contribution in [2.24, 2.45) is 0 Å². The van der Waals surface area contributed by atoms with Crippen molar-refractivity contribution in [1.29, 1.82) is 0 Å². The molecule has 2 rings (SSSR count). The summed E-state index contributed by atoms with van der Waals surface area (Å²) in [5.74, 6) is 0.300. The molecular formula is C18H25NO2S2. The lowest BCUT2D eigenvalue weighted by Crippen LogP contribution is -2.28. The summed E-state index contributed by atoms with van der Waals surface area (Å²) in [6.07, 6.45) is 0. The van der Waals surface area contributed by atoms with Gasteiger partial charge >= 0.3 is 0 Å². The first-order chi connectivity index (χ1) is 10.4. The molecule has 1 heterocycles. The molecule has 1 aliphatic rings. The Bertz CT molecular complexity index is 669. The molecule has 0 saturated carbocycles. The van der Waals surface area contributed by atoms with E-state index >= 15 is 0 Å². The molecule has 1 atom stereocenters. The zero-order chi connectivity index (χ0) is 17.7. The van der Waals surface area contributed by atoms with Crippen molar-refractivity contribution in [3.05, 3.63) is 28.8 Å². The van der Waals surface area contributed by atoms with Crippen molar-refractivity contribution in [1.82, 2.24) is 4.90 Å². The molecule has 5 heteroatoms. The van der Waals surface area contributed by atoms with E-state index in [1.807, 2.05) is 6.07 Å². The molecular weight excluding hydrogens is 326 g/mol. The summed E-state index contributed by atoms with van der Waals surface area (Å²) in [6.45, 7) is 12.6. The van der Waals surface area contributed by atoms with Gasteiger partial charge in [0.15, 0.2) is 0 Å². The molecule has 1 aliphatic heterocycles. The number of likely N-dealkylation sites (N-methyl/N-ethyl adjacent to an activating group) is 1. The molecule has 1 aromatic rings. The number of rotatable bonds is 1. The second-order valence-corrected chi connectivity index (χ2v) is 9.82. The van der Waals surface area contributed by atoms with Gasteiger partial charge in [0, 0.05) is 12.6 Å². The Morgan fingerprint density at radius 1 is 1.09 bits per heavy atom. The molecule has 23 heavy (non-hydrogen) atoms. The van der Waals surface area contributed by atoms with Gasteiger partial charge < -0.3 is 5.11 Å². The number of thioether (sulfide) groups is 1. The first kappa shape index (κ1) is 18.3. The van der Waals surface area contributed by atoms with Crippen LogP contribution in [0.15, 0.2) is 12.1 Å². The van der Waals surface area contributed by atoms with E-state index in [9.17, 15) is 9.90 Å². The summed E-state index contributed by atoms with van der Waals surface area (Å²) in [5, 5.41) is 10.2. The average molecular weight is 352 g/mol. The lowest BCUT2D eigenvalue weighted by atomic mass is 9.72. The summed E-state index contributed by atoms with van der Waals surface area (Å²) >= 11 is 6.70. The van der Waals surface area contributed by atoms with Crippen LogP contribution in [-0.4, -0.2) is 27.3 Å². The molecule has 0 radical (unpaired) electrons. The van der Waals surface area contributed by atoms with Crippen LogP contribution in [0.25, 0.3) is 0 Å². The molecule has 0 aromatic heterocycles. The number of phenolic OH excluding ortho intramolecular Hbond substituents is 1. The molecule has 1 amide bonds. The fourth-order valence-electron chi connectivity index (χ4n) is 3.09. The maximum absolute atomic E-state index is 12.6. The molecule has 1 aromatic carbocycles. The van der Waals surface area contributed by atoms with Crippen molar-refractivity contribution < 1.29 is 9.90 Å². The van der Waals surface area contributed by atoms with Crippen LogP contribution in [0, 0.1) is 0 Å². The van der Waals surface area contributed by atoms with Crippen LogP contribution in [0.4, 0.5) is 0 Å². The Hall–Kier alpha value is -1.07. The van der Waals surface area contributed by atoms with Gasteiger partial charge in [0.05, 0.1) is 0 Å².